The van der Waals surface area contributed by atoms with Gasteiger partial charge < -0.3 is 48.7 Å². The molecule has 3 aromatic carbocycles. The summed E-state index contributed by atoms with van der Waals surface area (Å²) in [5, 5.41) is 38.3. The quantitative estimate of drug-likeness (QED) is 0.0883. The lowest BCUT2D eigenvalue weighted by Gasteiger charge is -2.36. The molecule has 0 saturated carbocycles. The van der Waals surface area contributed by atoms with Crippen LogP contribution in [0.4, 0.5) is 16.7 Å². The number of fused-ring (bicyclic) bond motifs is 2. The third-order valence-electron chi connectivity index (χ3n) is 15.9. The summed E-state index contributed by atoms with van der Waals surface area (Å²) in [6.45, 7) is 19.9. The van der Waals surface area contributed by atoms with Gasteiger partial charge in [-0.25, -0.2) is 34.7 Å². The molecule has 2 saturated heterocycles. The minimum absolute atomic E-state index is 0.0166. The SMILES string of the molecule is Cc1cnc(N[C@H]2C[C@@H](O)CN(C(=O)OC(C)(C)C)C2)nc1-c1cn(-c2ccccc2)c2nc(-c3c(C)noc3C)ccc12.Cc1cnc(N[C@H]2C[C@@H](O)CN(Cc3ccccc3)C2)nc1-c1cn(-c2ccccc2)c2nc(-c3c(C)noc3C)ccc12.O=S=O.O=S=O. The third-order valence-corrected chi connectivity index (χ3v) is 15.9. The van der Waals surface area contributed by atoms with Crippen LogP contribution in [0.1, 0.15) is 73.2 Å². The van der Waals surface area contributed by atoms with Gasteiger partial charge in [0, 0.05) is 96.3 Å². The average Bonchev–Trinajstić information content (AvgIpc) is 1.60. The van der Waals surface area contributed by atoms with Crippen molar-refractivity contribution >= 4 is 63.2 Å². The maximum absolute atomic E-state index is 12.7. The van der Waals surface area contributed by atoms with E-state index in [-0.39, 0.29) is 18.6 Å². The molecule has 13 rings (SSSR count). The molecule has 0 radical (unpaired) electrons. The van der Waals surface area contributed by atoms with Crippen molar-refractivity contribution in [2.75, 3.05) is 36.8 Å². The largest absolute Gasteiger partial charge is 0.444 e. The zero-order chi connectivity index (χ0) is 66.8. The Bertz CT molecular complexity index is 4480. The van der Waals surface area contributed by atoms with Gasteiger partial charge in [0.15, 0.2) is 0 Å². The molecule has 4 atom stereocenters. The molecule has 1 amide bonds. The first-order chi connectivity index (χ1) is 45.2. The van der Waals surface area contributed by atoms with E-state index in [9.17, 15) is 15.0 Å². The highest BCUT2D eigenvalue weighted by Crippen LogP contribution is 2.38. The molecular weight excluding hydrogens is 1240 g/mol. The Morgan fingerprint density at radius 3 is 1.43 bits per heavy atom. The fourth-order valence-electron chi connectivity index (χ4n) is 12.0. The molecule has 2 aliphatic rings. The number of pyridine rings is 2. The van der Waals surface area contributed by atoms with Crippen LogP contribution in [0.15, 0.2) is 149 Å². The van der Waals surface area contributed by atoms with Gasteiger partial charge in [-0.1, -0.05) is 77.0 Å². The number of aliphatic hydroxyl groups is 2. The summed E-state index contributed by atoms with van der Waals surface area (Å²) in [4.78, 5) is 45.9. The summed E-state index contributed by atoms with van der Waals surface area (Å²) in [7, 11) is 0. The summed E-state index contributed by atoms with van der Waals surface area (Å²) in [6, 6.07) is 38.6. The van der Waals surface area contributed by atoms with E-state index < -0.39 is 47.0 Å². The molecule has 10 heterocycles. The first kappa shape index (κ1) is 66.9. The van der Waals surface area contributed by atoms with Crippen molar-refractivity contribution in [3.8, 4) is 56.4 Å². The second-order valence-electron chi connectivity index (χ2n) is 24.1. The van der Waals surface area contributed by atoms with Gasteiger partial charge in [0.2, 0.25) is 11.9 Å². The molecule has 4 N–H and O–H groups in total. The topological polar surface area (TPSA) is 305 Å². The first-order valence-corrected chi connectivity index (χ1v) is 31.7. The number of nitrogens with zero attached hydrogens (tertiary/aromatic N) is 12. The van der Waals surface area contributed by atoms with Crippen molar-refractivity contribution in [3.05, 3.63) is 180 Å². The fourth-order valence-corrected chi connectivity index (χ4v) is 12.0. The fraction of sp³-hybridized carbons (Fsp3) is 0.309. The van der Waals surface area contributed by atoms with Gasteiger partial charge in [-0.3, -0.25) is 4.90 Å². The molecule has 0 bridgehead atoms. The molecule has 94 heavy (non-hydrogen) atoms. The second kappa shape index (κ2) is 29.7. The lowest BCUT2D eigenvalue weighted by molar-refractivity contribution is 0.00175. The molecule has 8 aromatic heterocycles. The average molecular weight is 1310 g/mol. The smallest absolute Gasteiger partial charge is 0.410 e. The van der Waals surface area contributed by atoms with Crippen LogP contribution >= 0.6 is 0 Å². The number of hydrogen-bond donors (Lipinski definition) is 4. The summed E-state index contributed by atoms with van der Waals surface area (Å²) < 4.78 is 53.8. The number of benzene rings is 3. The number of aryl methyl sites for hydroxylation is 6. The number of carbonyl (C=O) groups excluding carboxylic acids is 1. The zero-order valence-electron chi connectivity index (χ0n) is 53.4. The molecule has 0 spiro atoms. The number of amides is 1. The number of aliphatic hydroxyl groups excluding tert-OH is 2. The molecule has 486 valence electrons. The predicted octanol–water partition coefficient (Wildman–Crippen LogP) is 10.6. The van der Waals surface area contributed by atoms with Crippen LogP contribution < -0.4 is 10.6 Å². The molecule has 11 aromatic rings. The van der Waals surface area contributed by atoms with E-state index in [0.29, 0.717) is 43.6 Å². The molecule has 2 fully saturated rings. The minimum atomic E-state index is -0.750. The van der Waals surface area contributed by atoms with E-state index in [4.69, 9.17) is 50.6 Å². The molecule has 24 nitrogen and oxygen atoms in total. The molecular formula is C68H72N14O10S2. The number of β-amino-alcohol motifs (C(OH)–C–C–N with tert-alkyl or cyclic N) is 2. The lowest BCUT2D eigenvalue weighted by atomic mass is 10.0. The van der Waals surface area contributed by atoms with E-state index in [0.717, 1.165) is 120 Å². The summed E-state index contributed by atoms with van der Waals surface area (Å²) in [6.07, 6.45) is 7.33. The summed E-state index contributed by atoms with van der Waals surface area (Å²) >= 11 is -1.50. The van der Waals surface area contributed by atoms with Crippen LogP contribution in [0, 0.1) is 41.5 Å². The van der Waals surface area contributed by atoms with Gasteiger partial charge in [-0.2, -0.15) is 16.8 Å². The highest BCUT2D eigenvalue weighted by atomic mass is 32.1. The monoisotopic (exact) mass is 1310 g/mol. The number of nitrogens with one attached hydrogen (secondary N) is 2. The van der Waals surface area contributed by atoms with Crippen molar-refractivity contribution < 1.29 is 45.6 Å². The predicted molar refractivity (Wildman–Crippen MR) is 357 cm³/mol. The highest BCUT2D eigenvalue weighted by Gasteiger charge is 2.33. The highest BCUT2D eigenvalue weighted by molar-refractivity contribution is 7.52. The van der Waals surface area contributed by atoms with Crippen LogP contribution in [-0.4, -0.2) is 148 Å². The van der Waals surface area contributed by atoms with E-state index >= 15 is 0 Å². The number of piperidine rings is 2. The maximum atomic E-state index is 12.7. The van der Waals surface area contributed by atoms with Crippen LogP contribution in [0.5, 0.6) is 0 Å². The van der Waals surface area contributed by atoms with E-state index in [1.54, 1.807) is 6.20 Å². The van der Waals surface area contributed by atoms with Crippen LogP contribution in [0.25, 0.3) is 78.5 Å². The van der Waals surface area contributed by atoms with Crippen molar-refractivity contribution in [2.45, 2.75) is 112 Å². The number of hydrogen-bond acceptors (Lipinski definition) is 21. The number of ether oxygens (including phenoxy) is 1. The Labute approximate surface area is 549 Å². The van der Waals surface area contributed by atoms with E-state index in [1.165, 1.54) is 10.5 Å². The van der Waals surface area contributed by atoms with Gasteiger partial charge in [0.25, 0.3) is 0 Å². The van der Waals surface area contributed by atoms with E-state index in [2.05, 4.69) is 106 Å². The minimum Gasteiger partial charge on any atom is -0.444 e. The number of carbonyl (C=O) groups is 1. The maximum Gasteiger partial charge on any atom is 0.410 e. The number of anilines is 2. The number of aromatic nitrogens is 10. The summed E-state index contributed by atoms with van der Waals surface area (Å²) in [5.74, 6) is 2.41. The van der Waals surface area contributed by atoms with Crippen LogP contribution in [-0.2, 0) is 34.4 Å². The Balaban J connectivity index is 0.000000190. The van der Waals surface area contributed by atoms with Crippen LogP contribution in [0.2, 0.25) is 0 Å². The van der Waals surface area contributed by atoms with Crippen molar-refractivity contribution in [1.29, 1.82) is 0 Å². The van der Waals surface area contributed by atoms with Gasteiger partial charge in [0.1, 0.15) is 28.4 Å². The Kier molecular flexibility index (Phi) is 21.2. The molecule has 0 unspecified atom stereocenters. The molecule has 26 heteroatoms. The third kappa shape index (κ3) is 15.7. The summed E-state index contributed by atoms with van der Waals surface area (Å²) in [5.41, 5.74) is 14.5. The number of rotatable bonds is 12. The van der Waals surface area contributed by atoms with Crippen LogP contribution in [0.3, 0.4) is 0 Å². The van der Waals surface area contributed by atoms with Gasteiger partial charge in [0.05, 0.1) is 64.0 Å². The second-order valence-corrected chi connectivity index (χ2v) is 24.4. The van der Waals surface area contributed by atoms with Gasteiger partial charge in [-0.05, 0) is 140 Å². The van der Waals surface area contributed by atoms with Crippen molar-refractivity contribution in [1.82, 2.24) is 59.2 Å². The standard InChI is InChI=1S/C35H35N7O2.C33H37N7O4.2O2S/c1-22-17-36-35(37-26-16-28(43)20-41(19-26)18-25-10-6-4-7-11-25)39-33(22)30-21-42(27-12-8-5-9-13-27)34-29(30)14-15-31(38-34)32-23(2)40-44-24(32)3;1-19-15-34-31(35-22-14-24(41)17-39(16-22)32(42)43-33(4,5)6)37-29(19)26-18-40(23-10-8-7-9-11-23)30-25(26)12-13-27(36-30)28-20(2)38-44-21(28)3;2*1-3-2/h4-15,17,21,26,28,43H,16,18-20H2,1-3H3,(H,36,37,39);7-13,15,18,22,24,41H,14,16-17H2,1-6H3,(H,34,35,37);;/t26-,28+;22-,24+;;/m00../s1. The van der Waals surface area contributed by atoms with Gasteiger partial charge in [-0.15, -0.1) is 0 Å². The van der Waals surface area contributed by atoms with Crippen molar-refractivity contribution in [3.63, 3.8) is 0 Å². The zero-order valence-corrected chi connectivity index (χ0v) is 55.0. The normalized spacial score (nSPS) is 16.4. The molecule has 2 aliphatic heterocycles. The Morgan fingerprint density at radius 1 is 0.574 bits per heavy atom. The number of para-hydroxylation sites is 2. The lowest BCUT2D eigenvalue weighted by Crippen LogP contribution is -2.52. The molecule has 0 aliphatic carbocycles. The van der Waals surface area contributed by atoms with Gasteiger partial charge >= 0.3 is 29.2 Å². The number of likely N-dealkylation sites (tertiary alicyclic amines) is 2. The van der Waals surface area contributed by atoms with Crippen molar-refractivity contribution in [2.24, 2.45) is 0 Å². The Hall–Kier alpha value is -9.99. The van der Waals surface area contributed by atoms with E-state index in [1.807, 2.05) is 135 Å². The Morgan fingerprint density at radius 2 is 1.00 bits per heavy atom. The first-order valence-electron chi connectivity index (χ1n) is 30.4.